The van der Waals surface area contributed by atoms with Crippen LogP contribution in [0.4, 0.5) is 4.79 Å². The van der Waals surface area contributed by atoms with Crippen molar-refractivity contribution in [1.29, 1.82) is 0 Å². The van der Waals surface area contributed by atoms with E-state index in [4.69, 9.17) is 9.84 Å². The lowest BCUT2D eigenvalue weighted by atomic mass is 9.98. The number of nitrogens with one attached hydrogen (secondary N) is 2. The van der Waals surface area contributed by atoms with Crippen molar-refractivity contribution < 1.29 is 29.3 Å². The molecule has 2 aliphatic rings. The number of rotatable bonds is 9. The molecule has 0 bridgehead atoms. The maximum atomic E-state index is 12.5. The van der Waals surface area contributed by atoms with E-state index in [9.17, 15) is 19.5 Å². The van der Waals surface area contributed by atoms with Crippen molar-refractivity contribution in [2.24, 2.45) is 5.92 Å². The summed E-state index contributed by atoms with van der Waals surface area (Å²) in [5.74, 6) is -1.32. The Balaban J connectivity index is 1.21. The van der Waals surface area contributed by atoms with Gasteiger partial charge in [0, 0.05) is 31.3 Å². The second-order valence-electron chi connectivity index (χ2n) is 9.04. The largest absolute Gasteiger partial charge is 0.479 e. The standard InChI is InChI=1S/C26H30N2O6/c29-23(25(31)32)11-12-27-24(30)14-16-9-10-17(13-16)28-26(33)34-15-22-20-7-3-1-5-18(20)19-6-2-4-8-21(19)22/h1-8,16-17,22-23,29H,9-15H2,(H,27,30)(H,28,33)(H,31,32)/t16-,17+,23+/m1/s1. The molecule has 0 heterocycles. The quantitative estimate of drug-likeness (QED) is 0.450. The second-order valence-corrected chi connectivity index (χ2v) is 9.04. The number of aliphatic hydroxyl groups is 1. The molecule has 0 aromatic heterocycles. The summed E-state index contributed by atoms with van der Waals surface area (Å²) in [6, 6.07) is 16.3. The van der Waals surface area contributed by atoms with E-state index in [-0.39, 0.29) is 43.4 Å². The fourth-order valence-corrected chi connectivity index (χ4v) is 5.00. The Morgan fingerprint density at radius 3 is 2.29 bits per heavy atom. The molecule has 1 fully saturated rings. The van der Waals surface area contributed by atoms with Gasteiger partial charge in [-0.3, -0.25) is 4.79 Å². The van der Waals surface area contributed by atoms with Gasteiger partial charge in [0.25, 0.3) is 0 Å². The first kappa shape index (κ1) is 23.8. The molecule has 34 heavy (non-hydrogen) atoms. The van der Waals surface area contributed by atoms with E-state index in [1.807, 2.05) is 24.3 Å². The number of aliphatic carboxylic acids is 1. The summed E-state index contributed by atoms with van der Waals surface area (Å²) in [7, 11) is 0. The van der Waals surface area contributed by atoms with Crippen molar-refractivity contribution in [3.8, 4) is 11.1 Å². The van der Waals surface area contributed by atoms with E-state index in [0.29, 0.717) is 12.8 Å². The molecule has 0 saturated heterocycles. The number of benzene rings is 2. The molecule has 180 valence electrons. The van der Waals surface area contributed by atoms with E-state index in [1.54, 1.807) is 0 Å². The maximum absolute atomic E-state index is 12.5. The summed E-state index contributed by atoms with van der Waals surface area (Å²) in [6.07, 6.45) is 0.649. The minimum Gasteiger partial charge on any atom is -0.479 e. The van der Waals surface area contributed by atoms with Gasteiger partial charge in [-0.25, -0.2) is 9.59 Å². The predicted octanol–water partition coefficient (Wildman–Crippen LogP) is 3.04. The van der Waals surface area contributed by atoms with E-state index in [1.165, 1.54) is 22.3 Å². The number of ether oxygens (including phenoxy) is 1. The Morgan fingerprint density at radius 1 is 1.00 bits per heavy atom. The lowest BCUT2D eigenvalue weighted by Crippen LogP contribution is -2.34. The zero-order chi connectivity index (χ0) is 24.1. The molecule has 2 amide bonds. The topological polar surface area (TPSA) is 125 Å². The number of carbonyl (C=O) groups is 3. The Kier molecular flexibility index (Phi) is 7.47. The molecule has 2 aliphatic carbocycles. The van der Waals surface area contributed by atoms with Crippen LogP contribution in [-0.2, 0) is 14.3 Å². The molecule has 8 heteroatoms. The Morgan fingerprint density at radius 2 is 1.65 bits per heavy atom. The van der Waals surface area contributed by atoms with Gasteiger partial charge in [0.15, 0.2) is 6.10 Å². The van der Waals surface area contributed by atoms with E-state index < -0.39 is 18.2 Å². The molecule has 1 saturated carbocycles. The van der Waals surface area contributed by atoms with Gasteiger partial charge in [-0.2, -0.15) is 0 Å². The zero-order valence-corrected chi connectivity index (χ0v) is 18.9. The minimum absolute atomic E-state index is 0.0119. The van der Waals surface area contributed by atoms with Gasteiger partial charge in [-0.05, 0) is 47.4 Å². The molecule has 0 aliphatic heterocycles. The third-order valence-corrected chi connectivity index (χ3v) is 6.71. The van der Waals surface area contributed by atoms with Crippen molar-refractivity contribution in [1.82, 2.24) is 10.6 Å². The summed E-state index contributed by atoms with van der Waals surface area (Å²) in [6.45, 7) is 0.376. The van der Waals surface area contributed by atoms with Crippen LogP contribution in [0.2, 0.25) is 0 Å². The van der Waals surface area contributed by atoms with Crippen molar-refractivity contribution in [2.45, 2.75) is 50.2 Å². The molecule has 2 aromatic carbocycles. The van der Waals surface area contributed by atoms with Crippen LogP contribution in [0.3, 0.4) is 0 Å². The van der Waals surface area contributed by atoms with Gasteiger partial charge >= 0.3 is 12.1 Å². The average Bonchev–Trinajstić information content (AvgIpc) is 3.39. The number of fused-ring (bicyclic) bond motifs is 3. The molecular weight excluding hydrogens is 436 g/mol. The summed E-state index contributed by atoms with van der Waals surface area (Å²) in [5.41, 5.74) is 4.70. The van der Waals surface area contributed by atoms with Crippen molar-refractivity contribution in [3.63, 3.8) is 0 Å². The molecule has 0 spiro atoms. The van der Waals surface area contributed by atoms with Gasteiger partial charge in [0.05, 0.1) is 0 Å². The third kappa shape index (κ3) is 5.56. The molecule has 0 radical (unpaired) electrons. The first-order valence-corrected chi connectivity index (χ1v) is 11.7. The molecule has 0 unspecified atom stereocenters. The summed E-state index contributed by atoms with van der Waals surface area (Å²) >= 11 is 0. The van der Waals surface area contributed by atoms with Gasteiger partial charge in [0.2, 0.25) is 5.91 Å². The van der Waals surface area contributed by atoms with Crippen LogP contribution in [0.1, 0.15) is 49.1 Å². The number of aliphatic hydroxyl groups excluding tert-OH is 1. The zero-order valence-electron chi connectivity index (χ0n) is 18.9. The van der Waals surface area contributed by atoms with Gasteiger partial charge in [0.1, 0.15) is 6.61 Å². The second kappa shape index (κ2) is 10.7. The molecule has 4 N–H and O–H groups in total. The molecule has 4 rings (SSSR count). The molecule has 3 atom stereocenters. The van der Waals surface area contributed by atoms with E-state index in [2.05, 4.69) is 34.9 Å². The van der Waals surface area contributed by atoms with Crippen LogP contribution in [0.5, 0.6) is 0 Å². The van der Waals surface area contributed by atoms with Gasteiger partial charge in [-0.15, -0.1) is 0 Å². The fraction of sp³-hybridized carbons (Fsp3) is 0.423. The number of carboxylic acids is 1. The highest BCUT2D eigenvalue weighted by Crippen LogP contribution is 2.44. The first-order chi connectivity index (χ1) is 16.4. The summed E-state index contributed by atoms with van der Waals surface area (Å²) in [5, 5.41) is 23.5. The van der Waals surface area contributed by atoms with E-state index >= 15 is 0 Å². The highest BCUT2D eigenvalue weighted by molar-refractivity contribution is 5.79. The Bertz CT molecular complexity index is 1010. The van der Waals surface area contributed by atoms with Crippen LogP contribution in [0, 0.1) is 5.92 Å². The highest BCUT2D eigenvalue weighted by atomic mass is 16.5. The lowest BCUT2D eigenvalue weighted by molar-refractivity contribution is -0.147. The Labute approximate surface area is 198 Å². The minimum atomic E-state index is -1.47. The van der Waals surface area contributed by atoms with Crippen molar-refractivity contribution in [3.05, 3.63) is 59.7 Å². The van der Waals surface area contributed by atoms with Crippen molar-refractivity contribution in [2.75, 3.05) is 13.2 Å². The summed E-state index contributed by atoms with van der Waals surface area (Å²) < 4.78 is 5.61. The lowest BCUT2D eigenvalue weighted by Gasteiger charge is -2.17. The number of amides is 2. The number of carboxylic acid groups (broad SMARTS) is 1. The van der Waals surface area contributed by atoms with Crippen LogP contribution < -0.4 is 10.6 Å². The highest BCUT2D eigenvalue weighted by Gasteiger charge is 2.31. The summed E-state index contributed by atoms with van der Waals surface area (Å²) in [4.78, 5) is 35.2. The smallest absolute Gasteiger partial charge is 0.407 e. The SMILES string of the molecule is O=C(C[C@@H]1CC[C@H](NC(=O)OCC2c3ccccc3-c3ccccc32)C1)NCC[C@H](O)C(=O)O. The van der Waals surface area contributed by atoms with Crippen LogP contribution in [-0.4, -0.2) is 53.5 Å². The van der Waals surface area contributed by atoms with Crippen molar-refractivity contribution >= 4 is 18.0 Å². The number of hydrogen-bond donors (Lipinski definition) is 4. The normalized spacial score (nSPS) is 19.7. The number of hydrogen-bond acceptors (Lipinski definition) is 5. The van der Waals surface area contributed by atoms with E-state index in [0.717, 1.165) is 12.8 Å². The number of alkyl carbamates (subject to hydrolysis) is 1. The number of carbonyl (C=O) groups excluding carboxylic acids is 2. The van der Waals surface area contributed by atoms with Gasteiger partial charge in [-0.1, -0.05) is 48.5 Å². The van der Waals surface area contributed by atoms with Crippen LogP contribution in [0.15, 0.2) is 48.5 Å². The fourth-order valence-electron chi connectivity index (χ4n) is 5.00. The van der Waals surface area contributed by atoms with Crippen LogP contribution in [0.25, 0.3) is 11.1 Å². The first-order valence-electron chi connectivity index (χ1n) is 11.7. The molecular formula is C26H30N2O6. The molecule has 8 nitrogen and oxygen atoms in total. The monoisotopic (exact) mass is 466 g/mol. The third-order valence-electron chi connectivity index (χ3n) is 6.71. The van der Waals surface area contributed by atoms with Crippen LogP contribution >= 0.6 is 0 Å². The molecule has 2 aromatic rings. The average molecular weight is 467 g/mol. The maximum Gasteiger partial charge on any atom is 0.407 e. The van der Waals surface area contributed by atoms with Gasteiger partial charge < -0.3 is 25.6 Å². The Hall–Kier alpha value is -3.39. The predicted molar refractivity (Wildman–Crippen MR) is 125 cm³/mol.